The molecule has 1 unspecified atom stereocenters. The highest BCUT2D eigenvalue weighted by Gasteiger charge is 2.22. The van der Waals surface area contributed by atoms with Crippen LogP contribution in [0.2, 0.25) is 0 Å². The van der Waals surface area contributed by atoms with Crippen molar-refractivity contribution < 1.29 is 9.90 Å². The highest BCUT2D eigenvalue weighted by molar-refractivity contribution is 5.76. The number of nitrogens with zero attached hydrogens (tertiary/aromatic N) is 1. The zero-order chi connectivity index (χ0) is 12.0. The number of hydrogen-bond acceptors (Lipinski definition) is 2. The second kappa shape index (κ2) is 6.89. The molecule has 3 nitrogen and oxygen atoms in total. The molecule has 0 aromatic carbocycles. The lowest BCUT2D eigenvalue weighted by atomic mass is 9.93. The topological polar surface area (TPSA) is 40.5 Å². The lowest BCUT2D eigenvalue weighted by molar-refractivity contribution is -0.133. The first-order valence-electron chi connectivity index (χ1n) is 6.56. The Labute approximate surface area is 98.8 Å². The van der Waals surface area contributed by atoms with E-state index in [-0.39, 0.29) is 6.61 Å². The van der Waals surface area contributed by atoms with Crippen LogP contribution >= 0.6 is 0 Å². The van der Waals surface area contributed by atoms with Gasteiger partial charge in [0.1, 0.15) is 0 Å². The minimum atomic E-state index is 0.283. The molecule has 3 heteroatoms. The van der Waals surface area contributed by atoms with Crippen molar-refractivity contribution in [2.24, 2.45) is 11.8 Å². The Morgan fingerprint density at radius 1 is 1.44 bits per heavy atom. The summed E-state index contributed by atoms with van der Waals surface area (Å²) in [6, 6.07) is 0. The van der Waals surface area contributed by atoms with Crippen LogP contribution in [-0.4, -0.2) is 35.6 Å². The van der Waals surface area contributed by atoms with Crippen molar-refractivity contribution in [1.29, 1.82) is 0 Å². The number of piperidine rings is 1. The fourth-order valence-electron chi connectivity index (χ4n) is 2.23. The Bertz CT molecular complexity index is 210. The average Bonchev–Trinajstić information content (AvgIpc) is 2.30. The summed E-state index contributed by atoms with van der Waals surface area (Å²) in [7, 11) is 0. The molecule has 1 amide bonds. The summed E-state index contributed by atoms with van der Waals surface area (Å²) in [4.78, 5) is 13.9. The lowest BCUT2D eigenvalue weighted by Gasteiger charge is -2.32. The van der Waals surface area contributed by atoms with Gasteiger partial charge < -0.3 is 10.0 Å². The zero-order valence-electron chi connectivity index (χ0n) is 10.6. The van der Waals surface area contributed by atoms with Crippen LogP contribution in [0.1, 0.15) is 46.0 Å². The third-order valence-electron chi connectivity index (χ3n) is 3.72. The van der Waals surface area contributed by atoms with E-state index in [0.29, 0.717) is 24.2 Å². The Kier molecular flexibility index (Phi) is 5.81. The first-order chi connectivity index (χ1) is 7.67. The van der Waals surface area contributed by atoms with E-state index in [9.17, 15) is 4.79 Å². The number of aliphatic hydroxyl groups is 1. The molecule has 1 N–H and O–H groups in total. The van der Waals surface area contributed by atoms with Crippen molar-refractivity contribution in [2.45, 2.75) is 46.0 Å². The van der Waals surface area contributed by atoms with Gasteiger partial charge in [-0.25, -0.2) is 0 Å². The molecule has 0 aromatic heterocycles. The van der Waals surface area contributed by atoms with Crippen LogP contribution in [0.5, 0.6) is 0 Å². The van der Waals surface area contributed by atoms with Gasteiger partial charge in [-0.2, -0.15) is 0 Å². The monoisotopic (exact) mass is 227 g/mol. The molecule has 94 valence electrons. The van der Waals surface area contributed by atoms with Gasteiger partial charge in [0.25, 0.3) is 0 Å². The van der Waals surface area contributed by atoms with E-state index in [2.05, 4.69) is 13.8 Å². The number of rotatable bonds is 5. The van der Waals surface area contributed by atoms with E-state index in [0.717, 1.165) is 38.8 Å². The summed E-state index contributed by atoms with van der Waals surface area (Å²) in [6.07, 6.45) is 4.79. The minimum absolute atomic E-state index is 0.283. The van der Waals surface area contributed by atoms with Crippen LogP contribution in [0.15, 0.2) is 0 Å². The molecular weight excluding hydrogens is 202 g/mol. The van der Waals surface area contributed by atoms with Gasteiger partial charge in [-0.1, -0.05) is 20.3 Å². The maximum atomic E-state index is 11.9. The number of hydrogen-bond donors (Lipinski definition) is 1. The van der Waals surface area contributed by atoms with E-state index in [1.807, 2.05) is 4.90 Å². The maximum Gasteiger partial charge on any atom is 0.222 e. The van der Waals surface area contributed by atoms with E-state index in [1.54, 1.807) is 0 Å². The molecule has 0 saturated carbocycles. The van der Waals surface area contributed by atoms with Crippen molar-refractivity contribution in [3.05, 3.63) is 0 Å². The third kappa shape index (κ3) is 4.12. The van der Waals surface area contributed by atoms with Crippen molar-refractivity contribution >= 4 is 5.91 Å². The average molecular weight is 227 g/mol. The van der Waals surface area contributed by atoms with Crippen LogP contribution in [-0.2, 0) is 4.79 Å². The normalized spacial score (nSPS) is 19.8. The molecule has 1 atom stereocenters. The number of amides is 1. The summed E-state index contributed by atoms with van der Waals surface area (Å²) < 4.78 is 0. The first kappa shape index (κ1) is 13.5. The van der Waals surface area contributed by atoms with Crippen LogP contribution in [0.25, 0.3) is 0 Å². The fraction of sp³-hybridized carbons (Fsp3) is 0.923. The SMILES string of the molecule is CCC(C)CC(=O)N1CCC(CCO)CC1. The van der Waals surface area contributed by atoms with E-state index in [4.69, 9.17) is 5.11 Å². The Morgan fingerprint density at radius 3 is 2.56 bits per heavy atom. The van der Waals surface area contributed by atoms with Crippen molar-refractivity contribution in [3.8, 4) is 0 Å². The molecule has 1 aliphatic rings. The quantitative estimate of drug-likeness (QED) is 0.781. The van der Waals surface area contributed by atoms with E-state index >= 15 is 0 Å². The van der Waals surface area contributed by atoms with Crippen molar-refractivity contribution in [2.75, 3.05) is 19.7 Å². The van der Waals surface area contributed by atoms with Crippen molar-refractivity contribution in [1.82, 2.24) is 4.90 Å². The molecule has 1 rings (SSSR count). The molecule has 1 aliphatic heterocycles. The zero-order valence-corrected chi connectivity index (χ0v) is 10.6. The second-order valence-corrected chi connectivity index (χ2v) is 5.05. The number of carbonyl (C=O) groups excluding carboxylic acids is 1. The Balaban J connectivity index is 2.27. The van der Waals surface area contributed by atoms with Crippen LogP contribution in [0.4, 0.5) is 0 Å². The van der Waals surface area contributed by atoms with Crippen molar-refractivity contribution in [3.63, 3.8) is 0 Å². The summed E-state index contributed by atoms with van der Waals surface area (Å²) in [5, 5.41) is 8.86. The van der Waals surface area contributed by atoms with Crippen LogP contribution < -0.4 is 0 Å². The minimum Gasteiger partial charge on any atom is -0.396 e. The Hall–Kier alpha value is -0.570. The van der Waals surface area contributed by atoms with Gasteiger partial charge in [0.15, 0.2) is 0 Å². The van der Waals surface area contributed by atoms with Gasteiger partial charge in [0.05, 0.1) is 0 Å². The molecule has 0 bridgehead atoms. The molecule has 16 heavy (non-hydrogen) atoms. The van der Waals surface area contributed by atoms with E-state index in [1.165, 1.54) is 0 Å². The summed E-state index contributed by atoms with van der Waals surface area (Å²) >= 11 is 0. The molecule has 0 aliphatic carbocycles. The lowest BCUT2D eigenvalue weighted by Crippen LogP contribution is -2.39. The van der Waals surface area contributed by atoms with E-state index < -0.39 is 0 Å². The second-order valence-electron chi connectivity index (χ2n) is 5.05. The Morgan fingerprint density at radius 2 is 2.06 bits per heavy atom. The standard InChI is InChI=1S/C13H25NO2/c1-3-11(2)10-13(16)14-7-4-12(5-8-14)6-9-15/h11-12,15H,3-10H2,1-2H3. The third-order valence-corrected chi connectivity index (χ3v) is 3.72. The van der Waals surface area contributed by atoms with Crippen LogP contribution in [0.3, 0.4) is 0 Å². The summed E-state index contributed by atoms with van der Waals surface area (Å²) in [5.74, 6) is 1.44. The van der Waals surface area contributed by atoms with Gasteiger partial charge in [-0.15, -0.1) is 0 Å². The fourth-order valence-corrected chi connectivity index (χ4v) is 2.23. The predicted molar refractivity (Wildman–Crippen MR) is 65.1 cm³/mol. The first-order valence-corrected chi connectivity index (χ1v) is 6.56. The van der Waals surface area contributed by atoms with Gasteiger partial charge >= 0.3 is 0 Å². The van der Waals surface area contributed by atoms with Gasteiger partial charge in [-0.05, 0) is 31.1 Å². The molecule has 0 radical (unpaired) electrons. The van der Waals surface area contributed by atoms with Crippen LogP contribution in [0, 0.1) is 11.8 Å². The number of likely N-dealkylation sites (tertiary alicyclic amines) is 1. The molecular formula is C13H25NO2. The number of carbonyl (C=O) groups is 1. The molecule has 0 aromatic rings. The molecule has 1 saturated heterocycles. The number of aliphatic hydroxyl groups excluding tert-OH is 1. The highest BCUT2D eigenvalue weighted by Crippen LogP contribution is 2.21. The summed E-state index contributed by atoms with van der Waals surface area (Å²) in [6.45, 7) is 6.33. The summed E-state index contributed by atoms with van der Waals surface area (Å²) in [5.41, 5.74) is 0. The smallest absolute Gasteiger partial charge is 0.222 e. The van der Waals surface area contributed by atoms with Gasteiger partial charge in [0, 0.05) is 26.1 Å². The molecule has 0 spiro atoms. The highest BCUT2D eigenvalue weighted by atomic mass is 16.3. The molecule has 1 heterocycles. The molecule has 1 fully saturated rings. The largest absolute Gasteiger partial charge is 0.396 e. The van der Waals surface area contributed by atoms with Gasteiger partial charge in [-0.3, -0.25) is 4.79 Å². The maximum absolute atomic E-state index is 11.9. The van der Waals surface area contributed by atoms with Gasteiger partial charge in [0.2, 0.25) is 5.91 Å². The predicted octanol–water partition coefficient (Wildman–Crippen LogP) is 2.04.